The van der Waals surface area contributed by atoms with Gasteiger partial charge in [0.05, 0.1) is 6.54 Å². The van der Waals surface area contributed by atoms with Gasteiger partial charge in [-0.15, -0.1) is 0 Å². The van der Waals surface area contributed by atoms with Crippen molar-refractivity contribution in [2.24, 2.45) is 0 Å². The van der Waals surface area contributed by atoms with Crippen LogP contribution in [0.1, 0.15) is 13.8 Å². The van der Waals surface area contributed by atoms with E-state index in [9.17, 15) is 9.59 Å². The molecule has 0 atom stereocenters. The Hall–Kier alpha value is -0.553. The van der Waals surface area contributed by atoms with Gasteiger partial charge in [-0.05, 0) is 0 Å². The lowest BCUT2D eigenvalue weighted by molar-refractivity contribution is -0.143. The van der Waals surface area contributed by atoms with Gasteiger partial charge in [0.15, 0.2) is 7.38 Å². The van der Waals surface area contributed by atoms with Gasteiger partial charge in [0.2, 0.25) is 5.91 Å². The highest BCUT2D eigenvalue weighted by Gasteiger charge is 2.23. The summed E-state index contributed by atoms with van der Waals surface area (Å²) >= 11 is 6.15. The summed E-state index contributed by atoms with van der Waals surface area (Å²) < 4.78 is 4.78. The fourth-order valence-corrected chi connectivity index (χ4v) is 2.82. The molecule has 0 saturated carbocycles. The van der Waals surface area contributed by atoms with Gasteiger partial charge in [0.25, 0.3) is 0 Å². The number of halogens is 1. The molecule has 0 unspecified atom stereocenters. The monoisotopic (exact) mass is 251 g/mol. The van der Waals surface area contributed by atoms with Crippen LogP contribution in [0.2, 0.25) is 13.1 Å². The maximum absolute atomic E-state index is 11.2. The third-order valence-electron chi connectivity index (χ3n) is 1.68. The van der Waals surface area contributed by atoms with Crippen molar-refractivity contribution < 1.29 is 14.3 Å². The molecule has 4 nitrogen and oxygen atoms in total. The molecule has 0 aromatic rings. The number of rotatable bonds is 5. The van der Waals surface area contributed by atoms with Gasteiger partial charge in [-0.3, -0.25) is 9.59 Å². The van der Waals surface area contributed by atoms with Gasteiger partial charge in [0.1, 0.15) is 6.61 Å². The van der Waals surface area contributed by atoms with Crippen molar-refractivity contribution in [1.29, 1.82) is 0 Å². The Bertz CT molecular complexity index is 240. The van der Waals surface area contributed by atoms with E-state index < -0.39 is 7.38 Å². The van der Waals surface area contributed by atoms with Crippen LogP contribution in [-0.2, 0) is 14.3 Å². The van der Waals surface area contributed by atoms with Gasteiger partial charge in [-0.1, -0.05) is 13.1 Å². The Morgan fingerprint density at radius 1 is 1.33 bits per heavy atom. The van der Waals surface area contributed by atoms with E-state index in [-0.39, 0.29) is 18.5 Å². The zero-order valence-electron chi connectivity index (χ0n) is 9.67. The number of carbonyl (C=O) groups is 2. The highest BCUT2D eigenvalue weighted by Crippen LogP contribution is 2.09. The Balaban J connectivity index is 4.06. The lowest BCUT2D eigenvalue weighted by Gasteiger charge is -2.25. The fraction of sp³-hybridized carbons (Fsp3) is 0.778. The fourth-order valence-electron chi connectivity index (χ4n) is 1.10. The molecule has 0 aliphatic heterocycles. The standard InChI is InChI=1S/C9H18ClNO3Si/c1-8(12)11(7-15(3,4)10)5-6-14-9(2)13/h5-7H2,1-4H3. The molecule has 0 rings (SSSR count). The summed E-state index contributed by atoms with van der Waals surface area (Å²) in [6.07, 6.45) is 0.575. The molecule has 0 aromatic heterocycles. The SMILES string of the molecule is CC(=O)OCCN(C[Si](C)(C)Cl)C(C)=O. The molecule has 0 aromatic carbocycles. The maximum atomic E-state index is 11.2. The molecule has 0 N–H and O–H groups in total. The van der Waals surface area contributed by atoms with Gasteiger partial charge >= 0.3 is 5.97 Å². The van der Waals surface area contributed by atoms with E-state index in [0.717, 1.165) is 0 Å². The second-order valence-electron chi connectivity index (χ2n) is 4.00. The lowest BCUT2D eigenvalue weighted by atomic mass is 10.5. The minimum Gasteiger partial charge on any atom is -0.464 e. The van der Waals surface area contributed by atoms with Gasteiger partial charge in [0, 0.05) is 20.0 Å². The van der Waals surface area contributed by atoms with Gasteiger partial charge < -0.3 is 9.64 Å². The zero-order valence-corrected chi connectivity index (χ0v) is 11.4. The van der Waals surface area contributed by atoms with Crippen LogP contribution in [0.4, 0.5) is 0 Å². The predicted molar refractivity (Wildman–Crippen MR) is 62.2 cm³/mol. The molecule has 15 heavy (non-hydrogen) atoms. The summed E-state index contributed by atoms with van der Waals surface area (Å²) in [5.41, 5.74) is 0. The number of carbonyl (C=O) groups excluding carboxylic acids is 2. The van der Waals surface area contributed by atoms with Crippen LogP contribution >= 0.6 is 11.1 Å². The van der Waals surface area contributed by atoms with Crippen LogP contribution < -0.4 is 0 Å². The summed E-state index contributed by atoms with van der Waals surface area (Å²) in [7, 11) is -1.82. The second-order valence-corrected chi connectivity index (χ2v) is 10.8. The Labute approximate surface area is 96.2 Å². The van der Waals surface area contributed by atoms with Crippen LogP contribution in [0.5, 0.6) is 0 Å². The quantitative estimate of drug-likeness (QED) is 0.421. The van der Waals surface area contributed by atoms with Crippen molar-refractivity contribution in [3.63, 3.8) is 0 Å². The molecule has 0 aliphatic rings. The third-order valence-corrected chi connectivity index (χ3v) is 3.17. The van der Waals surface area contributed by atoms with Crippen LogP contribution in [0, 0.1) is 0 Å². The minimum atomic E-state index is -1.82. The van der Waals surface area contributed by atoms with Crippen molar-refractivity contribution in [2.45, 2.75) is 26.9 Å². The van der Waals surface area contributed by atoms with Gasteiger partial charge in [-0.25, -0.2) is 0 Å². The number of amides is 1. The van der Waals surface area contributed by atoms with Crippen LogP contribution in [0.3, 0.4) is 0 Å². The number of nitrogens with zero attached hydrogens (tertiary/aromatic N) is 1. The largest absolute Gasteiger partial charge is 0.464 e. The van der Waals surface area contributed by atoms with E-state index in [1.165, 1.54) is 13.8 Å². The smallest absolute Gasteiger partial charge is 0.302 e. The Kier molecular flexibility index (Phi) is 5.90. The molecule has 0 spiro atoms. The molecule has 0 radical (unpaired) electrons. The highest BCUT2D eigenvalue weighted by molar-refractivity contribution is 7.19. The van der Waals surface area contributed by atoms with Crippen molar-refractivity contribution in [1.82, 2.24) is 4.90 Å². The number of ether oxygens (including phenoxy) is 1. The molecule has 0 saturated heterocycles. The van der Waals surface area contributed by atoms with Crippen molar-refractivity contribution in [3.05, 3.63) is 0 Å². The van der Waals surface area contributed by atoms with Gasteiger partial charge in [-0.2, -0.15) is 11.1 Å². The van der Waals surface area contributed by atoms with Crippen LogP contribution in [-0.4, -0.2) is 43.5 Å². The highest BCUT2D eigenvalue weighted by atomic mass is 35.6. The molecule has 6 heteroatoms. The molecule has 0 bridgehead atoms. The summed E-state index contributed by atoms with van der Waals surface area (Å²) in [6.45, 7) is 7.42. The normalized spacial score (nSPS) is 11.0. The molecule has 1 amide bonds. The second kappa shape index (κ2) is 6.12. The summed E-state index contributed by atoms with van der Waals surface area (Å²) in [4.78, 5) is 23.4. The third kappa shape index (κ3) is 8.44. The predicted octanol–water partition coefficient (Wildman–Crippen LogP) is 1.38. The topological polar surface area (TPSA) is 46.6 Å². The molecule has 0 heterocycles. The van der Waals surface area contributed by atoms with E-state index in [1.54, 1.807) is 4.90 Å². The van der Waals surface area contributed by atoms with Crippen LogP contribution in [0.15, 0.2) is 0 Å². The molecule has 88 valence electrons. The minimum absolute atomic E-state index is 0.0385. The van der Waals surface area contributed by atoms with E-state index in [2.05, 4.69) is 0 Å². The van der Waals surface area contributed by atoms with E-state index in [0.29, 0.717) is 12.7 Å². The van der Waals surface area contributed by atoms with Crippen molar-refractivity contribution in [2.75, 3.05) is 19.3 Å². The molecule has 0 aliphatic carbocycles. The first-order valence-corrected chi connectivity index (χ1v) is 9.02. The first kappa shape index (κ1) is 14.4. The average molecular weight is 252 g/mol. The van der Waals surface area contributed by atoms with E-state index in [4.69, 9.17) is 15.8 Å². The van der Waals surface area contributed by atoms with E-state index >= 15 is 0 Å². The zero-order chi connectivity index (χ0) is 12.1. The average Bonchev–Trinajstić information content (AvgIpc) is 1.99. The van der Waals surface area contributed by atoms with Crippen molar-refractivity contribution >= 4 is 30.3 Å². The first-order chi connectivity index (χ1) is 6.72. The first-order valence-electron chi connectivity index (χ1n) is 4.80. The summed E-state index contributed by atoms with van der Waals surface area (Å²) in [6, 6.07) is 0. The molecule has 0 fully saturated rings. The van der Waals surface area contributed by atoms with Crippen LogP contribution in [0.25, 0.3) is 0 Å². The van der Waals surface area contributed by atoms with Crippen molar-refractivity contribution in [3.8, 4) is 0 Å². The summed E-state index contributed by atoms with van der Waals surface area (Å²) in [5, 5.41) is 0. The number of hydrogen-bond donors (Lipinski definition) is 0. The Morgan fingerprint density at radius 2 is 1.87 bits per heavy atom. The number of esters is 1. The maximum Gasteiger partial charge on any atom is 0.302 e. The number of hydrogen-bond acceptors (Lipinski definition) is 3. The Morgan fingerprint density at radius 3 is 2.20 bits per heavy atom. The summed E-state index contributed by atoms with van der Waals surface area (Å²) in [5.74, 6) is -0.371. The lowest BCUT2D eigenvalue weighted by Crippen LogP contribution is -2.43. The molecular formula is C9H18ClNO3Si. The molecular weight excluding hydrogens is 234 g/mol. The van der Waals surface area contributed by atoms with E-state index in [1.807, 2.05) is 13.1 Å².